The maximum Gasteiger partial charge on any atom is 0.239 e. The maximum absolute atomic E-state index is 11.8. The second-order valence-electron chi connectivity index (χ2n) is 4.65. The molecule has 1 heterocycles. The first kappa shape index (κ1) is 14.5. The van der Waals surface area contributed by atoms with Crippen LogP contribution in [0.2, 0.25) is 0 Å². The number of halogens is 1. The summed E-state index contributed by atoms with van der Waals surface area (Å²) in [5.74, 6) is -0.0363. The third kappa shape index (κ3) is 4.58. The number of carbonyl (C=O) groups is 1. The molecule has 1 saturated heterocycles. The van der Waals surface area contributed by atoms with Gasteiger partial charge in [0, 0.05) is 30.7 Å². The number of amides is 1. The number of nitrogens with zero attached hydrogens (tertiary/aromatic N) is 2. The highest BCUT2D eigenvalue weighted by Crippen LogP contribution is 2.20. The minimum absolute atomic E-state index is 0.0363. The van der Waals surface area contributed by atoms with Gasteiger partial charge >= 0.3 is 0 Å². The van der Waals surface area contributed by atoms with Crippen LogP contribution in [0.4, 0.5) is 5.69 Å². The van der Waals surface area contributed by atoms with Crippen molar-refractivity contribution in [2.45, 2.75) is 0 Å². The molecule has 1 aliphatic heterocycles. The SMILES string of the molecule is CN1CCN(NCC(=O)Nc2ccccc2Br)CC1. The van der Waals surface area contributed by atoms with E-state index in [0.29, 0.717) is 6.54 Å². The Morgan fingerprint density at radius 3 is 2.63 bits per heavy atom. The molecule has 6 heteroatoms. The summed E-state index contributed by atoms with van der Waals surface area (Å²) < 4.78 is 0.892. The fourth-order valence-corrected chi connectivity index (χ4v) is 2.29. The number of rotatable bonds is 4. The molecule has 0 unspecified atom stereocenters. The number of piperazine rings is 1. The molecule has 1 aromatic rings. The number of benzene rings is 1. The molecule has 0 aromatic heterocycles. The van der Waals surface area contributed by atoms with Crippen molar-refractivity contribution >= 4 is 27.5 Å². The van der Waals surface area contributed by atoms with Gasteiger partial charge in [0.2, 0.25) is 5.91 Å². The normalized spacial score (nSPS) is 17.4. The molecule has 1 aromatic carbocycles. The van der Waals surface area contributed by atoms with Gasteiger partial charge in [-0.1, -0.05) is 12.1 Å². The summed E-state index contributed by atoms with van der Waals surface area (Å²) >= 11 is 3.41. The predicted molar refractivity (Wildman–Crippen MR) is 79.8 cm³/mol. The van der Waals surface area contributed by atoms with Crippen molar-refractivity contribution in [2.75, 3.05) is 45.1 Å². The summed E-state index contributed by atoms with van der Waals surface area (Å²) in [4.78, 5) is 14.1. The van der Waals surface area contributed by atoms with Gasteiger partial charge in [0.25, 0.3) is 0 Å². The Morgan fingerprint density at radius 1 is 1.26 bits per heavy atom. The van der Waals surface area contributed by atoms with Crippen molar-refractivity contribution < 1.29 is 4.79 Å². The third-order valence-electron chi connectivity index (χ3n) is 3.11. The molecule has 1 fully saturated rings. The summed E-state index contributed by atoms with van der Waals surface area (Å²) in [7, 11) is 2.11. The Bertz CT molecular complexity index is 432. The predicted octanol–water partition coefficient (Wildman–Crippen LogP) is 1.14. The van der Waals surface area contributed by atoms with Gasteiger partial charge in [0.05, 0.1) is 12.2 Å². The molecule has 2 rings (SSSR count). The van der Waals surface area contributed by atoms with Gasteiger partial charge in [-0.15, -0.1) is 0 Å². The molecule has 0 radical (unpaired) electrons. The van der Waals surface area contributed by atoms with Crippen molar-refractivity contribution in [2.24, 2.45) is 0 Å². The van der Waals surface area contributed by atoms with Crippen molar-refractivity contribution in [3.05, 3.63) is 28.7 Å². The van der Waals surface area contributed by atoms with Crippen LogP contribution in [0.25, 0.3) is 0 Å². The van der Waals surface area contributed by atoms with Gasteiger partial charge in [-0.05, 0) is 35.1 Å². The number of anilines is 1. The average molecular weight is 327 g/mol. The van der Waals surface area contributed by atoms with Gasteiger partial charge in [-0.3, -0.25) is 4.79 Å². The summed E-state index contributed by atoms with van der Waals surface area (Å²) in [5, 5.41) is 4.97. The Morgan fingerprint density at radius 2 is 1.95 bits per heavy atom. The first-order chi connectivity index (χ1) is 9.15. The van der Waals surface area contributed by atoms with E-state index < -0.39 is 0 Å². The number of nitrogens with one attached hydrogen (secondary N) is 2. The van der Waals surface area contributed by atoms with E-state index in [4.69, 9.17) is 0 Å². The van der Waals surface area contributed by atoms with Gasteiger partial charge in [0.1, 0.15) is 0 Å². The van der Waals surface area contributed by atoms with Gasteiger partial charge in [-0.25, -0.2) is 10.4 Å². The largest absolute Gasteiger partial charge is 0.324 e. The smallest absolute Gasteiger partial charge is 0.239 e. The first-order valence-electron chi connectivity index (χ1n) is 6.36. The topological polar surface area (TPSA) is 47.6 Å². The molecular weight excluding hydrogens is 308 g/mol. The summed E-state index contributed by atoms with van der Waals surface area (Å²) in [6.07, 6.45) is 0. The Hall–Kier alpha value is -0.950. The molecule has 0 spiro atoms. The zero-order valence-electron chi connectivity index (χ0n) is 11.0. The van der Waals surface area contributed by atoms with Crippen LogP contribution in [0.1, 0.15) is 0 Å². The average Bonchev–Trinajstić information content (AvgIpc) is 2.41. The van der Waals surface area contributed by atoms with E-state index in [-0.39, 0.29) is 5.91 Å². The van der Waals surface area contributed by atoms with E-state index in [2.05, 4.69) is 43.6 Å². The van der Waals surface area contributed by atoms with Gasteiger partial charge in [-0.2, -0.15) is 0 Å². The Labute approximate surface area is 122 Å². The van der Waals surface area contributed by atoms with Crippen molar-refractivity contribution in [1.82, 2.24) is 15.3 Å². The fraction of sp³-hybridized carbons (Fsp3) is 0.462. The highest BCUT2D eigenvalue weighted by Gasteiger charge is 2.14. The number of likely N-dealkylation sites (N-methyl/N-ethyl adjacent to an activating group) is 1. The lowest BCUT2D eigenvalue weighted by Crippen LogP contribution is -2.52. The van der Waals surface area contributed by atoms with Crippen molar-refractivity contribution in [1.29, 1.82) is 0 Å². The van der Waals surface area contributed by atoms with E-state index in [9.17, 15) is 4.79 Å². The van der Waals surface area contributed by atoms with Crippen LogP contribution in [0.5, 0.6) is 0 Å². The molecule has 0 bridgehead atoms. The zero-order valence-corrected chi connectivity index (χ0v) is 12.6. The minimum Gasteiger partial charge on any atom is -0.324 e. The van der Waals surface area contributed by atoms with Crippen LogP contribution in [0, 0.1) is 0 Å². The van der Waals surface area contributed by atoms with Crippen LogP contribution >= 0.6 is 15.9 Å². The summed E-state index contributed by atoms with van der Waals surface area (Å²) in [6.45, 7) is 4.24. The molecule has 1 aliphatic rings. The second kappa shape index (κ2) is 7.00. The quantitative estimate of drug-likeness (QED) is 0.871. The van der Waals surface area contributed by atoms with Gasteiger partial charge < -0.3 is 10.2 Å². The van der Waals surface area contributed by atoms with Crippen molar-refractivity contribution in [3.8, 4) is 0 Å². The summed E-state index contributed by atoms with van der Waals surface area (Å²) in [5.41, 5.74) is 3.96. The molecule has 1 amide bonds. The standard InChI is InChI=1S/C13H19BrN4O/c1-17-6-8-18(9-7-17)15-10-13(19)16-12-5-3-2-4-11(12)14/h2-5,15H,6-10H2,1H3,(H,16,19). The monoisotopic (exact) mass is 326 g/mol. The molecule has 0 aliphatic carbocycles. The van der Waals surface area contributed by atoms with Gasteiger partial charge in [0.15, 0.2) is 0 Å². The number of hydrazine groups is 1. The highest BCUT2D eigenvalue weighted by atomic mass is 79.9. The fourth-order valence-electron chi connectivity index (χ4n) is 1.91. The molecule has 0 atom stereocenters. The van der Waals surface area contributed by atoms with Crippen LogP contribution in [-0.4, -0.2) is 55.6 Å². The van der Waals surface area contributed by atoms with Crippen LogP contribution in [0.15, 0.2) is 28.7 Å². The molecule has 5 nitrogen and oxygen atoms in total. The molecular formula is C13H19BrN4O. The van der Waals surface area contributed by atoms with Crippen LogP contribution in [0.3, 0.4) is 0 Å². The lowest BCUT2D eigenvalue weighted by atomic mass is 10.3. The van der Waals surface area contributed by atoms with Crippen LogP contribution < -0.4 is 10.7 Å². The minimum atomic E-state index is -0.0363. The molecule has 2 N–H and O–H groups in total. The van der Waals surface area contributed by atoms with E-state index in [1.54, 1.807) is 0 Å². The Balaban J connectivity index is 1.74. The molecule has 19 heavy (non-hydrogen) atoms. The summed E-state index contributed by atoms with van der Waals surface area (Å²) in [6, 6.07) is 7.60. The number of hydrogen-bond acceptors (Lipinski definition) is 4. The van der Waals surface area contributed by atoms with E-state index in [1.165, 1.54) is 0 Å². The number of hydrogen-bond donors (Lipinski definition) is 2. The number of carbonyl (C=O) groups excluding carboxylic acids is 1. The van der Waals surface area contributed by atoms with E-state index in [1.807, 2.05) is 24.3 Å². The van der Waals surface area contributed by atoms with Crippen LogP contribution in [-0.2, 0) is 4.79 Å². The third-order valence-corrected chi connectivity index (χ3v) is 3.81. The first-order valence-corrected chi connectivity index (χ1v) is 7.16. The highest BCUT2D eigenvalue weighted by molar-refractivity contribution is 9.10. The zero-order chi connectivity index (χ0) is 13.7. The van der Waals surface area contributed by atoms with E-state index >= 15 is 0 Å². The molecule has 104 valence electrons. The number of para-hydroxylation sites is 1. The maximum atomic E-state index is 11.8. The van der Waals surface area contributed by atoms with E-state index in [0.717, 1.165) is 36.3 Å². The lowest BCUT2D eigenvalue weighted by Gasteiger charge is -2.32. The van der Waals surface area contributed by atoms with Crippen molar-refractivity contribution in [3.63, 3.8) is 0 Å². The lowest BCUT2D eigenvalue weighted by molar-refractivity contribution is -0.116. The molecule has 0 saturated carbocycles. The second-order valence-corrected chi connectivity index (χ2v) is 5.51. The Kier molecular flexibility index (Phi) is 5.33.